The molecule has 5 nitrogen and oxygen atoms in total. The highest BCUT2D eigenvalue weighted by Gasteiger charge is 2.39. The number of rotatable bonds is 6. The number of hydrogen-bond donors (Lipinski definition) is 0. The summed E-state index contributed by atoms with van der Waals surface area (Å²) in [5.41, 5.74) is 3.38. The van der Waals surface area contributed by atoms with Crippen molar-refractivity contribution in [3.63, 3.8) is 0 Å². The first-order chi connectivity index (χ1) is 16.6. The zero-order valence-corrected chi connectivity index (χ0v) is 20.7. The molecule has 1 fully saturated rings. The van der Waals surface area contributed by atoms with Crippen LogP contribution in [0.3, 0.4) is 0 Å². The van der Waals surface area contributed by atoms with Crippen LogP contribution in [-0.4, -0.2) is 36.7 Å². The Kier molecular flexibility index (Phi) is 6.65. The first-order valence-electron chi connectivity index (χ1n) is 11.1. The molecule has 2 heterocycles. The van der Waals surface area contributed by atoms with Gasteiger partial charge >= 0.3 is 0 Å². The molecule has 2 aliphatic heterocycles. The lowest BCUT2D eigenvalue weighted by Crippen LogP contribution is -2.32. The van der Waals surface area contributed by atoms with E-state index in [1.54, 1.807) is 18.9 Å². The minimum Gasteiger partial charge on any atom is -0.497 e. The molecule has 0 aliphatic carbocycles. The molecule has 3 aromatic carbocycles. The fraction of sp³-hybridized carbons (Fsp3) is 0.185. The lowest BCUT2D eigenvalue weighted by atomic mass is 10.1. The van der Waals surface area contributed by atoms with Gasteiger partial charge in [0.25, 0.3) is 5.91 Å². The van der Waals surface area contributed by atoms with Gasteiger partial charge in [-0.05, 0) is 41.4 Å². The molecule has 34 heavy (non-hydrogen) atoms. The summed E-state index contributed by atoms with van der Waals surface area (Å²) in [5.74, 6) is 0.819. The Labute approximate surface area is 208 Å². The van der Waals surface area contributed by atoms with Crippen LogP contribution in [-0.2, 0) is 17.8 Å². The van der Waals surface area contributed by atoms with E-state index in [0.29, 0.717) is 13.1 Å². The Hall–Kier alpha value is -3.16. The van der Waals surface area contributed by atoms with E-state index < -0.39 is 0 Å². The van der Waals surface area contributed by atoms with E-state index in [1.165, 1.54) is 17.3 Å². The summed E-state index contributed by atoms with van der Waals surface area (Å²) in [6.45, 7) is 1.14. The molecule has 0 atom stereocenters. The van der Waals surface area contributed by atoms with Crippen LogP contribution >= 0.6 is 23.5 Å². The zero-order valence-electron chi connectivity index (χ0n) is 19.1. The molecule has 2 aliphatic rings. The number of aliphatic imine (C=N–C) groups is 1. The van der Waals surface area contributed by atoms with Crippen LogP contribution in [0.1, 0.15) is 11.1 Å². The van der Waals surface area contributed by atoms with Crippen LogP contribution in [0.5, 0.6) is 5.75 Å². The number of fused-ring (bicyclic) bond motifs is 1. The van der Waals surface area contributed by atoms with E-state index in [4.69, 9.17) is 9.73 Å². The minimum atomic E-state index is 0.0156. The number of thioether (sulfide) groups is 2. The van der Waals surface area contributed by atoms with Crippen molar-refractivity contribution in [2.75, 3.05) is 25.6 Å². The fourth-order valence-electron chi connectivity index (χ4n) is 3.93. The summed E-state index contributed by atoms with van der Waals surface area (Å²) >= 11 is 3.10. The molecule has 0 spiro atoms. The molecule has 0 aromatic heterocycles. The number of anilines is 1. The van der Waals surface area contributed by atoms with Crippen molar-refractivity contribution in [2.45, 2.75) is 17.9 Å². The molecule has 7 heteroatoms. The quantitative estimate of drug-likeness (QED) is 0.413. The van der Waals surface area contributed by atoms with Crippen molar-refractivity contribution >= 4 is 40.3 Å². The number of carbonyl (C=O) groups is 1. The van der Waals surface area contributed by atoms with Crippen LogP contribution in [0.15, 0.2) is 98.7 Å². The Morgan fingerprint density at radius 3 is 2.32 bits per heavy atom. The van der Waals surface area contributed by atoms with Crippen molar-refractivity contribution in [3.8, 4) is 5.75 Å². The Balaban J connectivity index is 1.45. The molecular formula is C27H25N3O2S2. The summed E-state index contributed by atoms with van der Waals surface area (Å²) in [6.07, 6.45) is 0.778. The molecule has 0 radical (unpaired) electrons. The van der Waals surface area contributed by atoms with Crippen LogP contribution in [0, 0.1) is 0 Å². The Morgan fingerprint density at radius 1 is 0.912 bits per heavy atom. The van der Waals surface area contributed by atoms with Gasteiger partial charge in [0.2, 0.25) is 0 Å². The van der Waals surface area contributed by atoms with E-state index in [2.05, 4.69) is 29.2 Å². The second kappa shape index (κ2) is 9.99. The highest BCUT2D eigenvalue weighted by molar-refractivity contribution is 8.19. The smallest absolute Gasteiger partial charge is 0.269 e. The van der Waals surface area contributed by atoms with E-state index in [0.717, 1.165) is 43.4 Å². The number of methoxy groups -OCH3 is 1. The standard InChI is InChI=1S/C27H25N3O2S2/c1-29-22-17-21(32-2)13-14-23(22)33-26(29)24-25(31)30(16-15-19-9-5-3-6-10-19)27(34-24)28-18-20-11-7-4-8-12-20/h3-14,17H,15-16,18H2,1-2H3. The molecular weight excluding hydrogens is 462 g/mol. The molecule has 1 saturated heterocycles. The molecule has 172 valence electrons. The number of carbonyl (C=O) groups excluding carboxylic acids is 1. The number of hydrogen-bond acceptors (Lipinski definition) is 6. The van der Waals surface area contributed by atoms with E-state index in [1.807, 2.05) is 66.5 Å². The summed E-state index contributed by atoms with van der Waals surface area (Å²) < 4.78 is 5.40. The van der Waals surface area contributed by atoms with E-state index >= 15 is 0 Å². The van der Waals surface area contributed by atoms with Crippen molar-refractivity contribution < 1.29 is 9.53 Å². The molecule has 1 amide bonds. The maximum atomic E-state index is 13.7. The maximum absolute atomic E-state index is 13.7. The van der Waals surface area contributed by atoms with Gasteiger partial charge < -0.3 is 9.64 Å². The van der Waals surface area contributed by atoms with Crippen molar-refractivity contribution in [1.82, 2.24) is 4.90 Å². The van der Waals surface area contributed by atoms with Crippen LogP contribution in [0.4, 0.5) is 5.69 Å². The van der Waals surface area contributed by atoms with Crippen molar-refractivity contribution in [3.05, 3.63) is 99.9 Å². The molecule has 0 saturated carbocycles. The summed E-state index contributed by atoms with van der Waals surface area (Å²) in [6, 6.07) is 26.4. The average Bonchev–Trinajstić information content (AvgIpc) is 3.38. The third-order valence-electron chi connectivity index (χ3n) is 5.80. The number of amides is 1. The van der Waals surface area contributed by atoms with Gasteiger partial charge in [-0.2, -0.15) is 0 Å². The largest absolute Gasteiger partial charge is 0.497 e. The third kappa shape index (κ3) is 4.58. The summed E-state index contributed by atoms with van der Waals surface area (Å²) in [7, 11) is 3.67. The predicted octanol–water partition coefficient (Wildman–Crippen LogP) is 5.78. The zero-order chi connectivity index (χ0) is 23.5. The molecule has 0 unspecified atom stereocenters. The highest BCUT2D eigenvalue weighted by atomic mass is 32.2. The normalized spacial score (nSPS) is 18.6. The van der Waals surface area contributed by atoms with Gasteiger partial charge in [-0.1, -0.05) is 72.4 Å². The minimum absolute atomic E-state index is 0.0156. The Bertz CT molecular complexity index is 1260. The topological polar surface area (TPSA) is 45.1 Å². The van der Waals surface area contributed by atoms with Gasteiger partial charge in [0.05, 0.1) is 24.4 Å². The SMILES string of the molecule is COc1ccc2c(c1)N(C)C(=C1SC(=NCc3ccccc3)N(CCc3ccccc3)C1=O)S2. The molecule has 0 bridgehead atoms. The number of nitrogens with zero attached hydrogens (tertiary/aromatic N) is 3. The predicted molar refractivity (Wildman–Crippen MR) is 141 cm³/mol. The Morgan fingerprint density at radius 2 is 1.62 bits per heavy atom. The first-order valence-corrected chi connectivity index (χ1v) is 12.7. The maximum Gasteiger partial charge on any atom is 0.269 e. The number of ether oxygens (including phenoxy) is 1. The van der Waals surface area contributed by atoms with Gasteiger partial charge in [0, 0.05) is 24.6 Å². The summed E-state index contributed by atoms with van der Waals surface area (Å²) in [5, 5.41) is 1.70. The van der Waals surface area contributed by atoms with E-state index in [9.17, 15) is 4.79 Å². The second-order valence-electron chi connectivity index (χ2n) is 8.01. The monoisotopic (exact) mass is 487 g/mol. The van der Waals surface area contributed by atoms with Crippen molar-refractivity contribution in [1.29, 1.82) is 0 Å². The lowest BCUT2D eigenvalue weighted by Gasteiger charge is -2.17. The molecule has 0 N–H and O–H groups in total. The van der Waals surface area contributed by atoms with Crippen LogP contribution in [0.2, 0.25) is 0 Å². The molecule has 5 rings (SSSR count). The second-order valence-corrected chi connectivity index (χ2v) is 10.0. The van der Waals surface area contributed by atoms with Gasteiger partial charge in [0.1, 0.15) is 10.7 Å². The van der Waals surface area contributed by atoms with Gasteiger partial charge in [-0.15, -0.1) is 0 Å². The van der Waals surface area contributed by atoms with E-state index in [-0.39, 0.29) is 5.91 Å². The lowest BCUT2D eigenvalue weighted by molar-refractivity contribution is -0.122. The van der Waals surface area contributed by atoms with Crippen molar-refractivity contribution in [2.24, 2.45) is 4.99 Å². The third-order valence-corrected chi connectivity index (χ3v) is 8.27. The average molecular weight is 488 g/mol. The highest BCUT2D eigenvalue weighted by Crippen LogP contribution is 2.50. The number of amidine groups is 1. The summed E-state index contributed by atoms with van der Waals surface area (Å²) in [4.78, 5) is 24.3. The van der Waals surface area contributed by atoms with Gasteiger partial charge in [-0.25, -0.2) is 0 Å². The van der Waals surface area contributed by atoms with Crippen LogP contribution in [0.25, 0.3) is 0 Å². The molecule has 3 aromatic rings. The fourth-order valence-corrected chi connectivity index (χ4v) is 6.26. The first kappa shape index (κ1) is 22.6. The number of benzene rings is 3. The van der Waals surface area contributed by atoms with Gasteiger partial charge in [-0.3, -0.25) is 14.7 Å². The van der Waals surface area contributed by atoms with Gasteiger partial charge in [0.15, 0.2) is 5.17 Å². The van der Waals surface area contributed by atoms with Crippen LogP contribution < -0.4 is 9.64 Å².